The van der Waals surface area contributed by atoms with Gasteiger partial charge < -0.3 is 10.6 Å². The van der Waals surface area contributed by atoms with E-state index in [0.29, 0.717) is 0 Å². The summed E-state index contributed by atoms with van der Waals surface area (Å²) in [5.74, 6) is -0.00690. The van der Waals surface area contributed by atoms with E-state index in [-0.39, 0.29) is 11.9 Å². The number of amides is 1. The minimum Gasteiger partial charge on any atom is -0.334 e. The number of carbonyl (C=O) groups is 1. The number of aromatic nitrogens is 1. The van der Waals surface area contributed by atoms with Crippen LogP contribution in [0.4, 0.5) is 0 Å². The van der Waals surface area contributed by atoms with Gasteiger partial charge in [0.25, 0.3) is 0 Å². The fraction of sp³-hybridized carbons (Fsp3) is 0.294. The van der Waals surface area contributed by atoms with Gasteiger partial charge in [0.05, 0.1) is 6.04 Å². The van der Waals surface area contributed by atoms with Crippen LogP contribution in [0.1, 0.15) is 36.1 Å². The largest absolute Gasteiger partial charge is 0.334 e. The molecular formula is C17H19N3O. The minimum atomic E-state index is -0.594. The number of benzene rings is 1. The molecule has 2 N–H and O–H groups in total. The molecule has 0 spiro atoms. The molecular weight excluding hydrogens is 262 g/mol. The molecule has 1 fully saturated rings. The predicted molar refractivity (Wildman–Crippen MR) is 81.3 cm³/mol. The first-order chi connectivity index (χ1) is 10.3. The lowest BCUT2D eigenvalue weighted by Gasteiger charge is -2.27. The summed E-state index contributed by atoms with van der Waals surface area (Å²) in [6.07, 6.45) is 5.57. The monoisotopic (exact) mass is 281 g/mol. The second-order valence-corrected chi connectivity index (χ2v) is 5.36. The lowest BCUT2D eigenvalue weighted by molar-refractivity contribution is -0.133. The van der Waals surface area contributed by atoms with Crippen LogP contribution in [-0.4, -0.2) is 22.3 Å². The molecule has 0 radical (unpaired) electrons. The summed E-state index contributed by atoms with van der Waals surface area (Å²) in [5.41, 5.74) is 8.10. The Balaban J connectivity index is 1.81. The van der Waals surface area contributed by atoms with Gasteiger partial charge in [-0.25, -0.2) is 0 Å². The van der Waals surface area contributed by atoms with Gasteiger partial charge in [0.2, 0.25) is 5.91 Å². The lowest BCUT2D eigenvalue weighted by atomic mass is 10.0. The fourth-order valence-electron chi connectivity index (χ4n) is 2.93. The van der Waals surface area contributed by atoms with Crippen LogP contribution in [0.2, 0.25) is 0 Å². The number of hydrogen-bond acceptors (Lipinski definition) is 3. The SMILES string of the molecule is NC(C(=O)N1CCCC1c1cccnc1)c1ccccc1. The van der Waals surface area contributed by atoms with Crippen LogP contribution in [0.25, 0.3) is 0 Å². The molecule has 2 atom stereocenters. The maximum atomic E-state index is 12.7. The molecule has 4 heteroatoms. The molecule has 4 nitrogen and oxygen atoms in total. The smallest absolute Gasteiger partial charge is 0.244 e. The Labute approximate surface area is 124 Å². The van der Waals surface area contributed by atoms with Crippen molar-refractivity contribution in [1.82, 2.24) is 9.88 Å². The summed E-state index contributed by atoms with van der Waals surface area (Å²) in [6, 6.07) is 13.0. The van der Waals surface area contributed by atoms with Crippen LogP contribution in [0, 0.1) is 0 Å². The van der Waals surface area contributed by atoms with Crippen molar-refractivity contribution in [2.24, 2.45) is 5.73 Å². The molecule has 1 aromatic carbocycles. The van der Waals surface area contributed by atoms with Gasteiger partial charge in [-0.3, -0.25) is 9.78 Å². The first-order valence-corrected chi connectivity index (χ1v) is 7.28. The Bertz CT molecular complexity index is 600. The van der Waals surface area contributed by atoms with Gasteiger partial charge in [0, 0.05) is 18.9 Å². The second kappa shape index (κ2) is 6.06. The third-order valence-electron chi connectivity index (χ3n) is 4.03. The molecule has 1 aliphatic heterocycles. The van der Waals surface area contributed by atoms with E-state index >= 15 is 0 Å². The molecule has 2 heterocycles. The summed E-state index contributed by atoms with van der Waals surface area (Å²) >= 11 is 0. The zero-order valence-electron chi connectivity index (χ0n) is 11.9. The van der Waals surface area contributed by atoms with Crippen molar-refractivity contribution >= 4 is 5.91 Å². The summed E-state index contributed by atoms with van der Waals surface area (Å²) in [6.45, 7) is 0.763. The Morgan fingerprint density at radius 2 is 2.05 bits per heavy atom. The van der Waals surface area contributed by atoms with Gasteiger partial charge >= 0.3 is 0 Å². The van der Waals surface area contributed by atoms with E-state index in [9.17, 15) is 4.79 Å². The van der Waals surface area contributed by atoms with Crippen molar-refractivity contribution in [2.75, 3.05) is 6.54 Å². The molecule has 1 amide bonds. The molecule has 3 rings (SSSR count). The molecule has 2 unspecified atom stereocenters. The zero-order chi connectivity index (χ0) is 14.7. The number of nitrogens with zero attached hydrogens (tertiary/aromatic N) is 2. The maximum absolute atomic E-state index is 12.7. The van der Waals surface area contributed by atoms with Crippen molar-refractivity contribution in [2.45, 2.75) is 24.9 Å². The molecule has 21 heavy (non-hydrogen) atoms. The van der Waals surface area contributed by atoms with Crippen LogP contribution in [0.5, 0.6) is 0 Å². The highest BCUT2D eigenvalue weighted by Crippen LogP contribution is 2.33. The molecule has 1 saturated heterocycles. The fourth-order valence-corrected chi connectivity index (χ4v) is 2.93. The van der Waals surface area contributed by atoms with Gasteiger partial charge in [-0.05, 0) is 30.0 Å². The van der Waals surface area contributed by atoms with Crippen LogP contribution in [0.15, 0.2) is 54.9 Å². The summed E-state index contributed by atoms with van der Waals surface area (Å²) in [4.78, 5) is 18.8. The van der Waals surface area contributed by atoms with Gasteiger partial charge in [0.1, 0.15) is 6.04 Å². The van der Waals surface area contributed by atoms with Gasteiger partial charge in [-0.15, -0.1) is 0 Å². The van der Waals surface area contributed by atoms with E-state index in [0.717, 1.165) is 30.5 Å². The number of carbonyl (C=O) groups excluding carboxylic acids is 1. The second-order valence-electron chi connectivity index (χ2n) is 5.36. The number of nitrogens with two attached hydrogens (primary N) is 1. The van der Waals surface area contributed by atoms with Crippen molar-refractivity contribution in [3.63, 3.8) is 0 Å². The van der Waals surface area contributed by atoms with E-state index in [2.05, 4.69) is 4.98 Å². The van der Waals surface area contributed by atoms with Gasteiger partial charge in [-0.1, -0.05) is 36.4 Å². The van der Waals surface area contributed by atoms with E-state index in [1.807, 2.05) is 53.6 Å². The molecule has 1 aromatic heterocycles. The predicted octanol–water partition coefficient (Wildman–Crippen LogP) is 2.45. The Hall–Kier alpha value is -2.20. The van der Waals surface area contributed by atoms with E-state index < -0.39 is 6.04 Å². The summed E-state index contributed by atoms with van der Waals surface area (Å²) < 4.78 is 0. The Kier molecular flexibility index (Phi) is 3.97. The average molecular weight is 281 g/mol. The maximum Gasteiger partial charge on any atom is 0.244 e. The van der Waals surface area contributed by atoms with Crippen LogP contribution in [0.3, 0.4) is 0 Å². The number of pyridine rings is 1. The van der Waals surface area contributed by atoms with Crippen LogP contribution in [-0.2, 0) is 4.79 Å². The van der Waals surface area contributed by atoms with Crippen molar-refractivity contribution in [3.05, 3.63) is 66.0 Å². The molecule has 108 valence electrons. The van der Waals surface area contributed by atoms with E-state index in [1.54, 1.807) is 6.20 Å². The van der Waals surface area contributed by atoms with Gasteiger partial charge in [0.15, 0.2) is 0 Å². The number of hydrogen-bond donors (Lipinski definition) is 1. The first-order valence-electron chi connectivity index (χ1n) is 7.28. The normalized spacial score (nSPS) is 19.5. The van der Waals surface area contributed by atoms with Crippen LogP contribution >= 0.6 is 0 Å². The van der Waals surface area contributed by atoms with Crippen molar-refractivity contribution in [1.29, 1.82) is 0 Å². The highest BCUT2D eigenvalue weighted by atomic mass is 16.2. The molecule has 2 aromatic rings. The van der Waals surface area contributed by atoms with Crippen LogP contribution < -0.4 is 5.73 Å². The quantitative estimate of drug-likeness (QED) is 0.940. The summed E-state index contributed by atoms with van der Waals surface area (Å²) in [7, 11) is 0. The van der Waals surface area contributed by atoms with Crippen molar-refractivity contribution in [3.8, 4) is 0 Å². The third kappa shape index (κ3) is 2.81. The highest BCUT2D eigenvalue weighted by Gasteiger charge is 2.33. The lowest BCUT2D eigenvalue weighted by Crippen LogP contribution is -2.38. The minimum absolute atomic E-state index is 0.00690. The summed E-state index contributed by atoms with van der Waals surface area (Å²) in [5, 5.41) is 0. The molecule has 0 saturated carbocycles. The van der Waals surface area contributed by atoms with E-state index in [4.69, 9.17) is 5.73 Å². The topological polar surface area (TPSA) is 59.2 Å². The Morgan fingerprint density at radius 1 is 1.24 bits per heavy atom. The molecule has 1 aliphatic rings. The molecule has 0 bridgehead atoms. The zero-order valence-corrected chi connectivity index (χ0v) is 11.9. The highest BCUT2D eigenvalue weighted by molar-refractivity contribution is 5.83. The van der Waals surface area contributed by atoms with E-state index in [1.165, 1.54) is 0 Å². The van der Waals surface area contributed by atoms with Gasteiger partial charge in [-0.2, -0.15) is 0 Å². The number of likely N-dealkylation sites (tertiary alicyclic amines) is 1. The third-order valence-corrected chi connectivity index (χ3v) is 4.03. The first kappa shape index (κ1) is 13.8. The molecule has 0 aliphatic carbocycles. The Morgan fingerprint density at radius 3 is 2.76 bits per heavy atom. The standard InChI is InChI=1S/C17H19N3O/c18-16(13-6-2-1-3-7-13)17(21)20-11-5-9-15(20)14-8-4-10-19-12-14/h1-4,6-8,10,12,15-16H,5,9,11,18H2. The number of rotatable bonds is 3. The van der Waals surface area contributed by atoms with Crippen molar-refractivity contribution < 1.29 is 4.79 Å². The average Bonchev–Trinajstić information content (AvgIpc) is 3.04.